The average molecular weight is 616 g/mol. The lowest BCUT2D eigenvalue weighted by molar-refractivity contribution is -0.389. The van der Waals surface area contributed by atoms with Crippen molar-refractivity contribution in [3.8, 4) is 23.0 Å². The smallest absolute Gasteiger partial charge is 0.381 e. The summed E-state index contributed by atoms with van der Waals surface area (Å²) in [5.74, 6) is 3.60. The fourth-order valence-electron chi connectivity index (χ4n) is 4.60. The van der Waals surface area contributed by atoms with Crippen LogP contribution in [-0.4, -0.2) is 82.1 Å². The third-order valence-electron chi connectivity index (χ3n) is 7.29. The number of nitro groups is 1. The topological polar surface area (TPSA) is 126 Å². The minimum absolute atomic E-state index is 0.176. The SMILES string of the molecule is COc1ccc(C[C@H](C)[C@H](C)Cc2ccc(OC)c(OCCOCCOCCOCCn3cnc([N+](=O)[O-])c3)c2)cc1OC. The molecule has 1 heterocycles. The quantitative estimate of drug-likeness (QED) is 0.0866. The van der Waals surface area contributed by atoms with Crippen molar-refractivity contribution in [2.75, 3.05) is 67.6 Å². The van der Waals surface area contributed by atoms with Crippen molar-refractivity contribution in [3.63, 3.8) is 0 Å². The van der Waals surface area contributed by atoms with Crippen molar-refractivity contribution >= 4 is 5.82 Å². The Morgan fingerprint density at radius 2 is 1.23 bits per heavy atom. The minimum Gasteiger partial charge on any atom is -0.493 e. The van der Waals surface area contributed by atoms with Crippen molar-refractivity contribution in [2.45, 2.75) is 33.2 Å². The van der Waals surface area contributed by atoms with E-state index in [2.05, 4.69) is 43.1 Å². The van der Waals surface area contributed by atoms with Crippen LogP contribution < -0.4 is 18.9 Å². The standard InChI is InChI=1S/C32H45N3O9/c1-24(18-26-6-8-28(38-3)30(20-26)40-5)25(2)19-27-7-9-29(39-4)31(21-27)44-17-16-43-15-14-42-13-12-41-11-10-34-22-32(33-23-34)35(36)37/h6-9,20-25H,10-19H2,1-5H3/t24-,25+/m0/s1. The van der Waals surface area contributed by atoms with E-state index in [9.17, 15) is 10.1 Å². The van der Waals surface area contributed by atoms with Gasteiger partial charge in [0, 0.05) is 6.54 Å². The summed E-state index contributed by atoms with van der Waals surface area (Å²) in [5.41, 5.74) is 2.41. The van der Waals surface area contributed by atoms with Gasteiger partial charge in [0.15, 0.2) is 23.0 Å². The Balaban J connectivity index is 1.30. The highest BCUT2D eigenvalue weighted by molar-refractivity contribution is 5.44. The highest BCUT2D eigenvalue weighted by Gasteiger charge is 2.17. The Labute approximate surface area is 259 Å². The molecule has 3 rings (SSSR count). The van der Waals surface area contributed by atoms with E-state index >= 15 is 0 Å². The Hall–Kier alpha value is -3.87. The third-order valence-corrected chi connectivity index (χ3v) is 7.29. The van der Waals surface area contributed by atoms with E-state index in [4.69, 9.17) is 33.2 Å². The van der Waals surface area contributed by atoms with Gasteiger partial charge < -0.3 is 47.8 Å². The van der Waals surface area contributed by atoms with Crippen LogP contribution in [0.1, 0.15) is 25.0 Å². The predicted molar refractivity (Wildman–Crippen MR) is 165 cm³/mol. The summed E-state index contributed by atoms with van der Waals surface area (Å²) in [6.45, 7) is 7.98. The molecule has 0 aliphatic carbocycles. The maximum absolute atomic E-state index is 10.7. The van der Waals surface area contributed by atoms with Gasteiger partial charge in [0.05, 0.1) is 61.0 Å². The summed E-state index contributed by atoms with van der Waals surface area (Å²) < 4.78 is 40.6. The van der Waals surface area contributed by atoms with Crippen molar-refractivity contribution in [1.82, 2.24) is 9.55 Å². The van der Waals surface area contributed by atoms with E-state index in [1.54, 1.807) is 25.9 Å². The lowest BCUT2D eigenvalue weighted by Crippen LogP contribution is -2.14. The molecule has 0 unspecified atom stereocenters. The van der Waals surface area contributed by atoms with Gasteiger partial charge >= 0.3 is 5.82 Å². The van der Waals surface area contributed by atoms with Crippen LogP contribution in [0, 0.1) is 22.0 Å². The van der Waals surface area contributed by atoms with Gasteiger partial charge in [-0.1, -0.05) is 26.0 Å². The lowest BCUT2D eigenvalue weighted by Gasteiger charge is -2.21. The molecule has 2 aromatic carbocycles. The van der Waals surface area contributed by atoms with Gasteiger partial charge in [-0.25, -0.2) is 0 Å². The van der Waals surface area contributed by atoms with Gasteiger partial charge in [-0.3, -0.25) is 0 Å². The zero-order valence-corrected chi connectivity index (χ0v) is 26.4. The van der Waals surface area contributed by atoms with Crippen LogP contribution in [0.2, 0.25) is 0 Å². The highest BCUT2D eigenvalue weighted by atomic mass is 16.6. The molecule has 0 aliphatic heterocycles. The Morgan fingerprint density at radius 3 is 1.75 bits per heavy atom. The Kier molecular flexibility index (Phi) is 14.7. The molecule has 0 saturated heterocycles. The second kappa shape index (κ2) is 18.7. The van der Waals surface area contributed by atoms with E-state index in [1.165, 1.54) is 23.7 Å². The molecule has 0 radical (unpaired) electrons. The molecule has 44 heavy (non-hydrogen) atoms. The predicted octanol–water partition coefficient (Wildman–Crippen LogP) is 5.00. The summed E-state index contributed by atoms with van der Waals surface area (Å²) in [4.78, 5) is 13.8. The van der Waals surface area contributed by atoms with E-state index in [-0.39, 0.29) is 5.82 Å². The third kappa shape index (κ3) is 11.3. The summed E-state index contributed by atoms with van der Waals surface area (Å²) >= 11 is 0. The molecule has 1 aromatic heterocycles. The van der Waals surface area contributed by atoms with Crippen molar-refractivity contribution in [2.24, 2.45) is 11.8 Å². The first-order valence-electron chi connectivity index (χ1n) is 14.7. The number of nitrogens with zero attached hydrogens (tertiary/aromatic N) is 3. The van der Waals surface area contributed by atoms with Gasteiger partial charge in [0.1, 0.15) is 12.8 Å². The number of methoxy groups -OCH3 is 3. The van der Waals surface area contributed by atoms with Crippen LogP contribution in [-0.2, 0) is 33.6 Å². The molecule has 242 valence electrons. The number of rotatable bonds is 22. The molecule has 0 N–H and O–H groups in total. The van der Waals surface area contributed by atoms with Gasteiger partial charge in [-0.2, -0.15) is 0 Å². The fourth-order valence-corrected chi connectivity index (χ4v) is 4.60. The monoisotopic (exact) mass is 615 g/mol. The van der Waals surface area contributed by atoms with Crippen LogP contribution in [0.15, 0.2) is 48.9 Å². The number of hydrogen-bond acceptors (Lipinski definition) is 10. The van der Waals surface area contributed by atoms with Crippen molar-refractivity contribution < 1.29 is 38.1 Å². The number of hydrogen-bond donors (Lipinski definition) is 0. The lowest BCUT2D eigenvalue weighted by atomic mass is 9.85. The Morgan fingerprint density at radius 1 is 0.727 bits per heavy atom. The summed E-state index contributed by atoms with van der Waals surface area (Å²) in [6.07, 6.45) is 4.64. The second-order valence-electron chi connectivity index (χ2n) is 10.4. The van der Waals surface area contributed by atoms with Gasteiger partial charge in [-0.15, -0.1) is 0 Å². The zero-order valence-electron chi connectivity index (χ0n) is 26.4. The zero-order chi connectivity index (χ0) is 31.7. The van der Waals surface area contributed by atoms with Crippen LogP contribution in [0.4, 0.5) is 5.82 Å². The van der Waals surface area contributed by atoms with Crippen molar-refractivity contribution in [3.05, 3.63) is 70.2 Å². The molecule has 12 heteroatoms. The second-order valence-corrected chi connectivity index (χ2v) is 10.4. The van der Waals surface area contributed by atoms with Gasteiger partial charge in [-0.05, 0) is 70.0 Å². The first kappa shape index (κ1) is 34.6. The first-order chi connectivity index (χ1) is 21.3. The molecular weight excluding hydrogens is 570 g/mol. The maximum Gasteiger partial charge on any atom is 0.381 e. The molecule has 0 fully saturated rings. The van der Waals surface area contributed by atoms with Crippen molar-refractivity contribution in [1.29, 1.82) is 0 Å². The molecule has 0 aliphatic rings. The van der Waals surface area contributed by atoms with E-state index in [1.807, 2.05) is 12.1 Å². The van der Waals surface area contributed by atoms with Crippen LogP contribution in [0.25, 0.3) is 0 Å². The summed E-state index contributed by atoms with van der Waals surface area (Å²) in [6, 6.07) is 12.2. The molecule has 3 aromatic rings. The normalized spacial score (nSPS) is 12.5. The molecule has 0 bridgehead atoms. The van der Waals surface area contributed by atoms with Gasteiger partial charge in [0.2, 0.25) is 6.33 Å². The van der Waals surface area contributed by atoms with E-state index in [0.29, 0.717) is 76.1 Å². The van der Waals surface area contributed by atoms with E-state index in [0.717, 1.165) is 24.3 Å². The molecule has 0 spiro atoms. The number of aromatic nitrogens is 2. The molecule has 0 amide bonds. The summed E-state index contributed by atoms with van der Waals surface area (Å²) in [7, 11) is 4.94. The number of benzene rings is 2. The van der Waals surface area contributed by atoms with Crippen LogP contribution >= 0.6 is 0 Å². The van der Waals surface area contributed by atoms with E-state index < -0.39 is 4.92 Å². The summed E-state index contributed by atoms with van der Waals surface area (Å²) in [5, 5.41) is 10.7. The molecule has 0 saturated carbocycles. The van der Waals surface area contributed by atoms with Gasteiger partial charge in [0.25, 0.3) is 0 Å². The number of imidazole rings is 1. The molecule has 12 nitrogen and oxygen atoms in total. The largest absolute Gasteiger partial charge is 0.493 e. The average Bonchev–Trinajstić information content (AvgIpc) is 3.51. The molecule has 2 atom stereocenters. The first-order valence-corrected chi connectivity index (χ1v) is 14.7. The number of ether oxygens (including phenoxy) is 7. The fraction of sp³-hybridized carbons (Fsp3) is 0.531. The highest BCUT2D eigenvalue weighted by Crippen LogP contribution is 2.32. The maximum atomic E-state index is 10.7. The Bertz CT molecular complexity index is 1280. The van der Waals surface area contributed by atoms with Crippen LogP contribution in [0.5, 0.6) is 23.0 Å². The molecular formula is C32H45N3O9. The van der Waals surface area contributed by atoms with Crippen LogP contribution in [0.3, 0.4) is 0 Å². The minimum atomic E-state index is -0.526.